The smallest absolute Gasteiger partial charge is 0.225 e. The summed E-state index contributed by atoms with van der Waals surface area (Å²) in [6.07, 6.45) is 4.91. The number of carbonyl (C=O) groups is 2. The van der Waals surface area contributed by atoms with E-state index in [1.165, 1.54) is 5.56 Å². The molecule has 5 rings (SSSR count). The van der Waals surface area contributed by atoms with Gasteiger partial charge >= 0.3 is 0 Å². The second kappa shape index (κ2) is 10.8. The van der Waals surface area contributed by atoms with Crippen LogP contribution in [-0.2, 0) is 16.0 Å². The van der Waals surface area contributed by atoms with Gasteiger partial charge in [0.2, 0.25) is 11.8 Å². The van der Waals surface area contributed by atoms with Gasteiger partial charge in [0, 0.05) is 55.1 Å². The standard InChI is InChI=1S/C30H37N3O3/c1-21-13-17-33(18-14-21)30(35)23-15-19-32(20-16-23)28(34)12-11-26-25-5-3-4-6-27(25)31-29(26)22-7-9-24(36-2)10-8-22/h3-10,21,23,31H,11-20H2,1-2H3. The first-order valence-corrected chi connectivity index (χ1v) is 13.3. The average Bonchev–Trinajstić information content (AvgIpc) is 3.30. The van der Waals surface area contributed by atoms with Crippen molar-refractivity contribution in [1.82, 2.24) is 14.8 Å². The van der Waals surface area contributed by atoms with Crippen LogP contribution in [0.15, 0.2) is 48.5 Å². The van der Waals surface area contributed by atoms with E-state index in [4.69, 9.17) is 4.74 Å². The van der Waals surface area contributed by atoms with E-state index in [0.717, 1.165) is 72.6 Å². The lowest BCUT2D eigenvalue weighted by Crippen LogP contribution is -2.46. The maximum absolute atomic E-state index is 13.2. The Morgan fingerprint density at radius 2 is 1.58 bits per heavy atom. The number of nitrogens with zero attached hydrogens (tertiary/aromatic N) is 2. The van der Waals surface area contributed by atoms with Crippen LogP contribution in [-0.4, -0.2) is 59.9 Å². The summed E-state index contributed by atoms with van der Waals surface area (Å²) in [6, 6.07) is 16.3. The molecule has 2 aliphatic heterocycles. The second-order valence-electron chi connectivity index (χ2n) is 10.4. The molecule has 2 fully saturated rings. The highest BCUT2D eigenvalue weighted by Gasteiger charge is 2.31. The Morgan fingerprint density at radius 1 is 0.917 bits per heavy atom. The first-order chi connectivity index (χ1) is 17.5. The molecule has 2 aromatic carbocycles. The van der Waals surface area contributed by atoms with Gasteiger partial charge in [-0.25, -0.2) is 0 Å². The SMILES string of the molecule is COc1ccc(-c2[nH]c3ccccc3c2CCC(=O)N2CCC(C(=O)N3CCC(C)CC3)CC2)cc1. The summed E-state index contributed by atoms with van der Waals surface area (Å²) in [5.41, 5.74) is 4.40. The largest absolute Gasteiger partial charge is 0.497 e. The van der Waals surface area contributed by atoms with Crippen LogP contribution in [0.2, 0.25) is 0 Å². The predicted molar refractivity (Wildman–Crippen MR) is 143 cm³/mol. The van der Waals surface area contributed by atoms with E-state index in [0.29, 0.717) is 31.8 Å². The van der Waals surface area contributed by atoms with Crippen molar-refractivity contribution in [3.8, 4) is 17.0 Å². The molecular weight excluding hydrogens is 450 g/mol. The molecule has 0 saturated carbocycles. The second-order valence-corrected chi connectivity index (χ2v) is 10.4. The van der Waals surface area contributed by atoms with Gasteiger partial charge in [0.15, 0.2) is 0 Å². The predicted octanol–water partition coefficient (Wildman–Crippen LogP) is 5.27. The summed E-state index contributed by atoms with van der Waals surface area (Å²) in [4.78, 5) is 33.7. The number of H-pyrrole nitrogens is 1. The van der Waals surface area contributed by atoms with Crippen molar-refractivity contribution in [3.05, 3.63) is 54.1 Å². The van der Waals surface area contributed by atoms with Gasteiger partial charge in [-0.2, -0.15) is 0 Å². The Labute approximate surface area is 213 Å². The van der Waals surface area contributed by atoms with Crippen LogP contribution in [0.4, 0.5) is 0 Å². The van der Waals surface area contributed by atoms with Crippen molar-refractivity contribution in [2.45, 2.75) is 45.4 Å². The van der Waals surface area contributed by atoms with Gasteiger partial charge in [-0.3, -0.25) is 9.59 Å². The third-order valence-corrected chi connectivity index (χ3v) is 8.07. The maximum atomic E-state index is 13.2. The molecule has 36 heavy (non-hydrogen) atoms. The Balaban J connectivity index is 1.22. The third-order valence-electron chi connectivity index (χ3n) is 8.07. The number of aromatic nitrogens is 1. The lowest BCUT2D eigenvalue weighted by atomic mass is 9.92. The molecule has 2 amide bonds. The summed E-state index contributed by atoms with van der Waals surface area (Å²) in [5.74, 6) is 2.09. The average molecular weight is 488 g/mol. The quantitative estimate of drug-likeness (QED) is 0.515. The van der Waals surface area contributed by atoms with Crippen LogP contribution in [0.3, 0.4) is 0 Å². The fourth-order valence-corrected chi connectivity index (χ4v) is 5.72. The number of carbonyl (C=O) groups excluding carboxylic acids is 2. The summed E-state index contributed by atoms with van der Waals surface area (Å²) < 4.78 is 5.32. The molecule has 0 unspecified atom stereocenters. The maximum Gasteiger partial charge on any atom is 0.225 e. The van der Waals surface area contributed by atoms with Crippen LogP contribution in [0.25, 0.3) is 22.2 Å². The van der Waals surface area contributed by atoms with Crippen LogP contribution in [0, 0.1) is 11.8 Å². The van der Waals surface area contributed by atoms with E-state index in [9.17, 15) is 9.59 Å². The number of ether oxygens (including phenoxy) is 1. The number of likely N-dealkylation sites (tertiary alicyclic amines) is 2. The molecule has 6 heteroatoms. The number of hydrogen-bond acceptors (Lipinski definition) is 3. The molecule has 0 radical (unpaired) electrons. The molecule has 6 nitrogen and oxygen atoms in total. The molecule has 2 saturated heterocycles. The zero-order chi connectivity index (χ0) is 25.1. The Bertz CT molecular complexity index is 1200. The summed E-state index contributed by atoms with van der Waals surface area (Å²) in [7, 11) is 1.67. The van der Waals surface area contributed by atoms with Crippen LogP contribution in [0.5, 0.6) is 5.75 Å². The van der Waals surface area contributed by atoms with Crippen LogP contribution >= 0.6 is 0 Å². The number of aromatic amines is 1. The van der Waals surface area contributed by atoms with Gasteiger partial charge in [-0.05, 0) is 79.5 Å². The van der Waals surface area contributed by atoms with Crippen molar-refractivity contribution < 1.29 is 14.3 Å². The number of rotatable bonds is 6. The van der Waals surface area contributed by atoms with Crippen molar-refractivity contribution in [3.63, 3.8) is 0 Å². The number of aryl methyl sites for hydroxylation is 1. The van der Waals surface area contributed by atoms with Gasteiger partial charge in [0.25, 0.3) is 0 Å². The molecular formula is C30H37N3O3. The van der Waals surface area contributed by atoms with Crippen molar-refractivity contribution in [2.75, 3.05) is 33.3 Å². The normalized spacial score (nSPS) is 17.5. The number of para-hydroxylation sites is 1. The number of nitrogens with one attached hydrogen (secondary N) is 1. The lowest BCUT2D eigenvalue weighted by molar-refractivity contribution is -0.141. The first kappa shape index (κ1) is 24.4. The number of methoxy groups -OCH3 is 1. The fraction of sp³-hybridized carbons (Fsp3) is 0.467. The minimum Gasteiger partial charge on any atom is -0.497 e. The molecule has 1 aromatic heterocycles. The molecule has 0 aliphatic carbocycles. The number of amides is 2. The highest BCUT2D eigenvalue weighted by Crippen LogP contribution is 2.33. The molecule has 1 N–H and O–H groups in total. The molecule has 3 heterocycles. The fourth-order valence-electron chi connectivity index (χ4n) is 5.72. The molecule has 0 bridgehead atoms. The Morgan fingerprint density at radius 3 is 2.28 bits per heavy atom. The van der Waals surface area contributed by atoms with Gasteiger partial charge < -0.3 is 19.5 Å². The molecule has 3 aromatic rings. The zero-order valence-electron chi connectivity index (χ0n) is 21.5. The number of fused-ring (bicyclic) bond motifs is 1. The van der Waals surface area contributed by atoms with Gasteiger partial charge in [-0.15, -0.1) is 0 Å². The monoisotopic (exact) mass is 487 g/mol. The van der Waals surface area contributed by atoms with E-state index in [-0.39, 0.29) is 11.8 Å². The van der Waals surface area contributed by atoms with Gasteiger partial charge in [0.05, 0.1) is 7.11 Å². The molecule has 0 spiro atoms. The van der Waals surface area contributed by atoms with E-state index < -0.39 is 0 Å². The van der Waals surface area contributed by atoms with E-state index in [1.54, 1.807) is 7.11 Å². The van der Waals surface area contributed by atoms with Crippen LogP contribution < -0.4 is 4.74 Å². The Kier molecular flexibility index (Phi) is 7.30. The lowest BCUT2D eigenvalue weighted by Gasteiger charge is -2.36. The van der Waals surface area contributed by atoms with Gasteiger partial charge in [0.1, 0.15) is 5.75 Å². The third kappa shape index (κ3) is 5.13. The highest BCUT2D eigenvalue weighted by molar-refractivity contribution is 5.91. The summed E-state index contributed by atoms with van der Waals surface area (Å²) in [6.45, 7) is 5.40. The number of piperidine rings is 2. The highest BCUT2D eigenvalue weighted by atomic mass is 16.5. The van der Waals surface area contributed by atoms with E-state index in [2.05, 4.69) is 41.1 Å². The Hall–Kier alpha value is -3.28. The molecule has 0 atom stereocenters. The van der Waals surface area contributed by atoms with Gasteiger partial charge in [-0.1, -0.05) is 25.1 Å². The number of benzene rings is 2. The molecule has 2 aliphatic rings. The van der Waals surface area contributed by atoms with Crippen molar-refractivity contribution >= 4 is 22.7 Å². The summed E-state index contributed by atoms with van der Waals surface area (Å²) in [5, 5.41) is 1.16. The minimum atomic E-state index is 0.0674. The first-order valence-electron chi connectivity index (χ1n) is 13.3. The minimum absolute atomic E-state index is 0.0674. The summed E-state index contributed by atoms with van der Waals surface area (Å²) >= 11 is 0. The van der Waals surface area contributed by atoms with Crippen molar-refractivity contribution in [2.24, 2.45) is 11.8 Å². The number of hydrogen-bond donors (Lipinski definition) is 1. The zero-order valence-corrected chi connectivity index (χ0v) is 21.5. The van der Waals surface area contributed by atoms with E-state index >= 15 is 0 Å². The van der Waals surface area contributed by atoms with E-state index in [1.807, 2.05) is 29.2 Å². The molecule has 190 valence electrons. The van der Waals surface area contributed by atoms with Crippen LogP contribution in [0.1, 0.15) is 44.6 Å². The van der Waals surface area contributed by atoms with Crippen molar-refractivity contribution in [1.29, 1.82) is 0 Å². The topological polar surface area (TPSA) is 65.6 Å².